The Morgan fingerprint density at radius 2 is 1.58 bits per heavy atom. The average molecular weight is 347 g/mol. The molecule has 2 aromatic rings. The Morgan fingerprint density at radius 3 is 2.17 bits per heavy atom. The second kappa shape index (κ2) is 7.94. The van der Waals surface area contributed by atoms with Crippen LogP contribution < -0.4 is 14.9 Å². The Hall–Kier alpha value is -2.38. The lowest BCUT2D eigenvalue weighted by Crippen LogP contribution is -2.34. The zero-order chi connectivity index (χ0) is 17.6. The van der Waals surface area contributed by atoms with Gasteiger partial charge in [0.2, 0.25) is 10.0 Å². The highest BCUT2D eigenvalue weighted by Gasteiger charge is 2.12. The van der Waals surface area contributed by atoms with Crippen molar-refractivity contribution in [3.8, 4) is 0 Å². The van der Waals surface area contributed by atoms with Gasteiger partial charge in [0.15, 0.2) is 0 Å². The summed E-state index contributed by atoms with van der Waals surface area (Å²) >= 11 is 0. The van der Waals surface area contributed by atoms with Gasteiger partial charge in [-0.2, -0.15) is 0 Å². The molecule has 0 saturated heterocycles. The molecule has 2 aromatic carbocycles. The molecule has 0 aliphatic rings. The summed E-state index contributed by atoms with van der Waals surface area (Å²) in [5.41, 5.74) is 1.54. The minimum Gasteiger partial charge on any atom is -0.378 e. The largest absolute Gasteiger partial charge is 0.378 e. The third-order valence-corrected chi connectivity index (χ3v) is 4.88. The van der Waals surface area contributed by atoms with Gasteiger partial charge in [0.25, 0.3) is 5.91 Å². The minimum absolute atomic E-state index is 0.124. The van der Waals surface area contributed by atoms with Crippen LogP contribution >= 0.6 is 0 Å². The van der Waals surface area contributed by atoms with Crippen LogP contribution in [0.2, 0.25) is 0 Å². The molecule has 0 aromatic heterocycles. The smallest absolute Gasteiger partial charge is 0.251 e. The molecule has 128 valence electrons. The van der Waals surface area contributed by atoms with Crippen molar-refractivity contribution in [1.82, 2.24) is 10.0 Å². The molecular formula is C17H21N3O3S. The number of benzene rings is 2. The molecule has 0 heterocycles. The van der Waals surface area contributed by atoms with E-state index in [1.165, 1.54) is 12.1 Å². The van der Waals surface area contributed by atoms with Gasteiger partial charge in [0.05, 0.1) is 4.90 Å². The summed E-state index contributed by atoms with van der Waals surface area (Å²) in [5, 5.41) is 2.69. The number of anilines is 1. The summed E-state index contributed by atoms with van der Waals surface area (Å²) in [4.78, 5) is 14.2. The molecule has 24 heavy (non-hydrogen) atoms. The Morgan fingerprint density at radius 1 is 0.958 bits per heavy atom. The van der Waals surface area contributed by atoms with E-state index in [4.69, 9.17) is 0 Å². The second-order valence-electron chi connectivity index (χ2n) is 5.41. The molecule has 0 saturated carbocycles. The molecule has 1 amide bonds. The standard InChI is InChI=1S/C17H21N3O3S/c1-20(2)15-10-8-14(9-11-15)17(21)18-12-13-19-24(22,23)16-6-4-3-5-7-16/h3-11,19H,12-13H2,1-2H3,(H,18,21). The fraction of sp³-hybridized carbons (Fsp3) is 0.235. The van der Waals surface area contributed by atoms with Gasteiger partial charge >= 0.3 is 0 Å². The molecule has 6 nitrogen and oxygen atoms in total. The van der Waals surface area contributed by atoms with E-state index in [-0.39, 0.29) is 23.9 Å². The van der Waals surface area contributed by atoms with E-state index in [0.29, 0.717) is 5.56 Å². The van der Waals surface area contributed by atoms with Crippen molar-refractivity contribution >= 4 is 21.6 Å². The molecule has 0 radical (unpaired) electrons. The SMILES string of the molecule is CN(C)c1ccc(C(=O)NCCNS(=O)(=O)c2ccccc2)cc1. The van der Waals surface area contributed by atoms with Crippen LogP contribution in [0, 0.1) is 0 Å². The number of hydrogen-bond donors (Lipinski definition) is 2. The number of carbonyl (C=O) groups excluding carboxylic acids is 1. The van der Waals surface area contributed by atoms with Crippen molar-refractivity contribution in [3.05, 3.63) is 60.2 Å². The van der Waals surface area contributed by atoms with Gasteiger partial charge in [-0.15, -0.1) is 0 Å². The quantitative estimate of drug-likeness (QED) is 0.744. The summed E-state index contributed by atoms with van der Waals surface area (Å²) in [7, 11) is 0.304. The first-order valence-electron chi connectivity index (χ1n) is 7.50. The van der Waals surface area contributed by atoms with Crippen molar-refractivity contribution in [1.29, 1.82) is 0 Å². The molecule has 0 unspecified atom stereocenters. The zero-order valence-corrected chi connectivity index (χ0v) is 14.5. The number of amides is 1. The van der Waals surface area contributed by atoms with Crippen LogP contribution in [-0.2, 0) is 10.0 Å². The molecule has 0 aliphatic carbocycles. The van der Waals surface area contributed by atoms with E-state index < -0.39 is 10.0 Å². The fourth-order valence-corrected chi connectivity index (χ4v) is 3.11. The Balaban J connectivity index is 1.82. The van der Waals surface area contributed by atoms with E-state index in [9.17, 15) is 13.2 Å². The summed E-state index contributed by atoms with van der Waals surface area (Å²) in [6.07, 6.45) is 0. The van der Waals surface area contributed by atoms with Crippen molar-refractivity contribution in [2.75, 3.05) is 32.1 Å². The predicted octanol–water partition coefficient (Wildman–Crippen LogP) is 1.46. The van der Waals surface area contributed by atoms with E-state index in [1.54, 1.807) is 30.3 Å². The van der Waals surface area contributed by atoms with E-state index >= 15 is 0 Å². The maximum Gasteiger partial charge on any atom is 0.251 e. The lowest BCUT2D eigenvalue weighted by molar-refractivity contribution is 0.0954. The molecule has 0 fully saturated rings. The summed E-state index contributed by atoms with van der Waals surface area (Å²) in [5.74, 6) is -0.237. The zero-order valence-electron chi connectivity index (χ0n) is 13.7. The van der Waals surface area contributed by atoms with Gasteiger partial charge < -0.3 is 10.2 Å². The van der Waals surface area contributed by atoms with Crippen LogP contribution in [0.4, 0.5) is 5.69 Å². The normalized spacial score (nSPS) is 11.1. The first kappa shape index (κ1) is 18.0. The maximum absolute atomic E-state index is 12.0. The van der Waals surface area contributed by atoms with Crippen molar-refractivity contribution in [3.63, 3.8) is 0 Å². The van der Waals surface area contributed by atoms with Crippen LogP contribution in [0.15, 0.2) is 59.5 Å². The van der Waals surface area contributed by atoms with E-state index in [1.807, 2.05) is 31.1 Å². The third-order valence-electron chi connectivity index (χ3n) is 3.40. The van der Waals surface area contributed by atoms with Crippen molar-refractivity contribution in [2.45, 2.75) is 4.90 Å². The summed E-state index contributed by atoms with van der Waals surface area (Å²) in [6.45, 7) is 0.332. The van der Waals surface area contributed by atoms with Crippen LogP contribution in [0.5, 0.6) is 0 Å². The third kappa shape index (κ3) is 4.81. The molecule has 0 aliphatic heterocycles. The fourth-order valence-electron chi connectivity index (χ4n) is 2.06. The number of carbonyl (C=O) groups is 1. The van der Waals surface area contributed by atoms with Gasteiger partial charge in [0, 0.05) is 38.4 Å². The Kier molecular flexibility index (Phi) is 5.94. The lowest BCUT2D eigenvalue weighted by atomic mass is 10.2. The first-order valence-corrected chi connectivity index (χ1v) is 8.99. The number of sulfonamides is 1. The molecule has 0 spiro atoms. The van der Waals surface area contributed by atoms with Crippen molar-refractivity contribution in [2.24, 2.45) is 0 Å². The second-order valence-corrected chi connectivity index (χ2v) is 7.17. The van der Waals surface area contributed by atoms with Gasteiger partial charge in [0.1, 0.15) is 0 Å². The van der Waals surface area contributed by atoms with Crippen LogP contribution in [0.3, 0.4) is 0 Å². The highest BCUT2D eigenvalue weighted by molar-refractivity contribution is 7.89. The number of hydrogen-bond acceptors (Lipinski definition) is 4. The molecule has 0 atom stereocenters. The highest BCUT2D eigenvalue weighted by atomic mass is 32.2. The monoisotopic (exact) mass is 347 g/mol. The van der Waals surface area contributed by atoms with Gasteiger partial charge in [-0.05, 0) is 36.4 Å². The summed E-state index contributed by atoms with van der Waals surface area (Å²) in [6, 6.07) is 15.3. The van der Waals surface area contributed by atoms with E-state index in [0.717, 1.165) is 5.69 Å². The van der Waals surface area contributed by atoms with Crippen LogP contribution in [-0.4, -0.2) is 41.5 Å². The molecule has 2 N–H and O–H groups in total. The molecular weight excluding hydrogens is 326 g/mol. The van der Waals surface area contributed by atoms with Crippen LogP contribution in [0.1, 0.15) is 10.4 Å². The number of nitrogens with zero attached hydrogens (tertiary/aromatic N) is 1. The lowest BCUT2D eigenvalue weighted by Gasteiger charge is -2.12. The van der Waals surface area contributed by atoms with E-state index in [2.05, 4.69) is 10.0 Å². The molecule has 2 rings (SSSR count). The summed E-state index contributed by atoms with van der Waals surface area (Å²) < 4.78 is 26.5. The minimum atomic E-state index is -3.54. The Bertz CT molecular complexity index is 772. The topological polar surface area (TPSA) is 78.5 Å². The van der Waals surface area contributed by atoms with Gasteiger partial charge in [-0.1, -0.05) is 18.2 Å². The number of rotatable bonds is 7. The average Bonchev–Trinajstić information content (AvgIpc) is 2.59. The van der Waals surface area contributed by atoms with Gasteiger partial charge in [-0.3, -0.25) is 4.79 Å². The number of nitrogens with one attached hydrogen (secondary N) is 2. The maximum atomic E-state index is 12.0. The highest BCUT2D eigenvalue weighted by Crippen LogP contribution is 2.12. The molecule has 7 heteroatoms. The first-order chi connectivity index (χ1) is 11.4. The van der Waals surface area contributed by atoms with Crippen molar-refractivity contribution < 1.29 is 13.2 Å². The van der Waals surface area contributed by atoms with Crippen LogP contribution in [0.25, 0.3) is 0 Å². The molecule has 0 bridgehead atoms. The van der Waals surface area contributed by atoms with Gasteiger partial charge in [-0.25, -0.2) is 13.1 Å². The predicted molar refractivity (Wildman–Crippen MR) is 94.7 cm³/mol. The Labute approximate surface area is 142 Å².